The van der Waals surface area contributed by atoms with Crippen LogP contribution in [0.3, 0.4) is 0 Å². The fourth-order valence-electron chi connectivity index (χ4n) is 6.81. The zero-order valence-electron chi connectivity index (χ0n) is 26.7. The largest absolute Gasteiger partial charge is 0.493 e. The van der Waals surface area contributed by atoms with Crippen molar-refractivity contribution in [1.82, 2.24) is 25.2 Å². The first-order chi connectivity index (χ1) is 23.4. The molecule has 1 N–H and O–H groups in total. The summed E-state index contributed by atoms with van der Waals surface area (Å²) in [5.41, 5.74) is 0.505. The quantitative estimate of drug-likeness (QED) is 0.272. The molecule has 2 atom stereocenters. The maximum absolute atomic E-state index is 16.9. The zero-order chi connectivity index (χ0) is 33.3. The third-order valence-electron chi connectivity index (χ3n) is 9.54. The molecular weight excluding hydrogens is 622 g/mol. The molecule has 3 aliphatic heterocycles. The van der Waals surface area contributed by atoms with E-state index in [1.807, 2.05) is 4.90 Å². The van der Waals surface area contributed by atoms with Crippen LogP contribution in [0.1, 0.15) is 42.0 Å². The number of amides is 1. The molecule has 2 unspecified atom stereocenters. The van der Waals surface area contributed by atoms with Crippen LogP contribution in [0.2, 0.25) is 0 Å². The van der Waals surface area contributed by atoms with Crippen molar-refractivity contribution in [3.8, 4) is 24.1 Å². The van der Waals surface area contributed by atoms with Crippen molar-refractivity contribution in [3.63, 3.8) is 0 Å². The first-order valence-electron chi connectivity index (χ1n) is 16.3. The van der Waals surface area contributed by atoms with Crippen LogP contribution in [-0.4, -0.2) is 104 Å². The van der Waals surface area contributed by atoms with E-state index in [0.29, 0.717) is 75.1 Å². The zero-order valence-corrected chi connectivity index (χ0v) is 26.7. The molecule has 3 fully saturated rings. The smallest absolute Gasteiger partial charge is 0.319 e. The summed E-state index contributed by atoms with van der Waals surface area (Å²) in [4.78, 5) is 30.5. The maximum atomic E-state index is 16.9. The van der Waals surface area contributed by atoms with E-state index in [4.69, 9.17) is 30.4 Å². The van der Waals surface area contributed by atoms with E-state index in [9.17, 15) is 9.18 Å². The number of halogens is 2. The molecule has 1 aromatic carbocycles. The van der Waals surface area contributed by atoms with Gasteiger partial charge in [-0.2, -0.15) is 9.97 Å². The summed E-state index contributed by atoms with van der Waals surface area (Å²) < 4.78 is 55.1. The van der Waals surface area contributed by atoms with E-state index in [0.717, 1.165) is 32.5 Å². The average Bonchev–Trinajstić information content (AvgIpc) is 3.91. The molecule has 11 nitrogen and oxygen atoms in total. The van der Waals surface area contributed by atoms with Crippen molar-refractivity contribution >= 4 is 22.6 Å². The summed E-state index contributed by atoms with van der Waals surface area (Å²) in [7, 11) is 0. The minimum absolute atomic E-state index is 0.0260. The second kappa shape index (κ2) is 13.6. The predicted octanol–water partition coefficient (Wildman–Crippen LogP) is 3.20. The van der Waals surface area contributed by atoms with Gasteiger partial charge in [0.15, 0.2) is 5.82 Å². The third-order valence-corrected chi connectivity index (χ3v) is 9.54. The molecule has 2 saturated heterocycles. The molecule has 3 aromatic rings. The number of carbonyl (C=O) groups excluding carboxylic acids is 1. The lowest BCUT2D eigenvalue weighted by Crippen LogP contribution is -2.44. The van der Waals surface area contributed by atoms with Gasteiger partial charge in [0.25, 0.3) is 0 Å². The topological polar surface area (TPSA) is 111 Å². The van der Waals surface area contributed by atoms with Crippen molar-refractivity contribution in [1.29, 1.82) is 0 Å². The summed E-state index contributed by atoms with van der Waals surface area (Å²) in [6, 6.07) is 2.44. The van der Waals surface area contributed by atoms with E-state index in [1.165, 1.54) is 18.2 Å². The minimum atomic E-state index is -0.664. The highest BCUT2D eigenvalue weighted by atomic mass is 19.1. The number of carbonyl (C=O) groups is 1. The van der Waals surface area contributed by atoms with Crippen LogP contribution < -0.4 is 19.7 Å². The van der Waals surface area contributed by atoms with Crippen LogP contribution >= 0.6 is 0 Å². The van der Waals surface area contributed by atoms with E-state index < -0.39 is 17.6 Å². The van der Waals surface area contributed by atoms with Gasteiger partial charge in [-0.25, -0.2) is 8.78 Å². The summed E-state index contributed by atoms with van der Waals surface area (Å²) >= 11 is 0. The van der Waals surface area contributed by atoms with E-state index in [-0.39, 0.29) is 46.8 Å². The average molecular weight is 661 g/mol. The van der Waals surface area contributed by atoms with Crippen molar-refractivity contribution in [3.05, 3.63) is 59.4 Å². The molecule has 1 aliphatic carbocycles. The van der Waals surface area contributed by atoms with E-state index in [2.05, 4.69) is 32.7 Å². The Hall–Kier alpha value is -4.38. The lowest BCUT2D eigenvalue weighted by Gasteiger charge is -2.30. The van der Waals surface area contributed by atoms with Crippen LogP contribution in [0.5, 0.6) is 11.8 Å². The Labute approximate surface area is 277 Å². The molecule has 0 radical (unpaired) electrons. The van der Waals surface area contributed by atoms with Crippen molar-refractivity contribution in [2.75, 3.05) is 77.3 Å². The SMILES string of the molecule is C#Cc1c(F)ccc2c1C(c1ncc3c(N4CCOCC(NC(=O)C=C)C4)nc(OCC4(CN5CCOCC5)CC4)nc3c1F)CCO2. The van der Waals surface area contributed by atoms with Crippen molar-refractivity contribution < 1.29 is 32.5 Å². The summed E-state index contributed by atoms with van der Waals surface area (Å²) in [5, 5.41) is 3.26. The number of nitrogens with zero attached hydrogens (tertiary/aromatic N) is 5. The number of pyridine rings is 1. The molecular formula is C35H38F2N6O5. The molecule has 2 aromatic heterocycles. The summed E-state index contributed by atoms with van der Waals surface area (Å²) in [6.45, 7) is 9.69. The minimum Gasteiger partial charge on any atom is -0.493 e. The fourth-order valence-corrected chi connectivity index (χ4v) is 6.81. The number of terminal acetylenes is 1. The number of benzene rings is 1. The van der Waals surface area contributed by atoms with Gasteiger partial charge < -0.3 is 29.2 Å². The molecule has 1 saturated carbocycles. The standard InChI is InChI=1S/C35H38F2N6O5/c1-3-23-26(36)5-6-27-29(23)24(7-13-47-27)31-30(37)32-25(17-38-31)33(43-12-16-46-19-22(18-43)39-28(44)4-2)41-34(40-32)48-21-35(8-9-35)20-42-10-14-45-15-11-42/h1,4-6,17,22,24H,2,7-16,18-21H2,(H,39,44). The van der Waals surface area contributed by atoms with Gasteiger partial charge in [0.1, 0.15) is 22.9 Å². The second-order valence-electron chi connectivity index (χ2n) is 12.8. The molecule has 0 bridgehead atoms. The van der Waals surface area contributed by atoms with Crippen LogP contribution in [0.15, 0.2) is 31.0 Å². The molecule has 13 heteroatoms. The molecule has 48 heavy (non-hydrogen) atoms. The number of morpholine rings is 1. The van der Waals surface area contributed by atoms with Crippen LogP contribution in [0.4, 0.5) is 14.6 Å². The van der Waals surface area contributed by atoms with Gasteiger partial charge in [0.2, 0.25) is 5.91 Å². The Morgan fingerprint density at radius 2 is 1.98 bits per heavy atom. The number of rotatable bonds is 9. The number of nitrogens with one attached hydrogen (secondary N) is 1. The van der Waals surface area contributed by atoms with Gasteiger partial charge in [-0.1, -0.05) is 12.5 Å². The Bertz CT molecular complexity index is 1760. The molecule has 252 valence electrons. The normalized spacial score (nSPS) is 22.1. The highest BCUT2D eigenvalue weighted by Gasteiger charge is 2.45. The first-order valence-corrected chi connectivity index (χ1v) is 16.3. The van der Waals surface area contributed by atoms with Crippen molar-refractivity contribution in [2.45, 2.75) is 31.2 Å². The number of hydrogen-bond donors (Lipinski definition) is 1. The maximum Gasteiger partial charge on any atom is 0.319 e. The molecule has 1 amide bonds. The van der Waals surface area contributed by atoms with E-state index in [1.54, 1.807) is 6.20 Å². The number of aromatic nitrogens is 3. The number of anilines is 1. The van der Waals surface area contributed by atoms with Crippen molar-refractivity contribution in [2.24, 2.45) is 5.41 Å². The first kappa shape index (κ1) is 32.2. The van der Waals surface area contributed by atoms with E-state index >= 15 is 4.39 Å². The van der Waals surface area contributed by atoms with Gasteiger partial charge in [-0.15, -0.1) is 6.42 Å². The lowest BCUT2D eigenvalue weighted by atomic mass is 9.86. The molecule has 7 rings (SSSR count). The van der Waals surface area contributed by atoms with Gasteiger partial charge in [0, 0.05) is 55.8 Å². The third kappa shape index (κ3) is 6.52. The predicted molar refractivity (Wildman–Crippen MR) is 173 cm³/mol. The number of ether oxygens (including phenoxy) is 4. The van der Waals surface area contributed by atoms with Gasteiger partial charge in [-0.05, 0) is 37.5 Å². The lowest BCUT2D eigenvalue weighted by molar-refractivity contribution is -0.117. The van der Waals surface area contributed by atoms with Gasteiger partial charge in [0.05, 0.1) is 62.3 Å². The van der Waals surface area contributed by atoms with Crippen LogP contribution in [-0.2, 0) is 14.3 Å². The van der Waals surface area contributed by atoms with Crippen LogP contribution in [0, 0.1) is 29.4 Å². The van der Waals surface area contributed by atoms with Gasteiger partial charge in [-0.3, -0.25) is 14.7 Å². The highest BCUT2D eigenvalue weighted by Crippen LogP contribution is 2.47. The number of hydrogen-bond acceptors (Lipinski definition) is 10. The monoisotopic (exact) mass is 660 g/mol. The Morgan fingerprint density at radius 1 is 1.17 bits per heavy atom. The Morgan fingerprint density at radius 3 is 2.75 bits per heavy atom. The number of fused-ring (bicyclic) bond motifs is 2. The van der Waals surface area contributed by atoms with Crippen LogP contribution in [0.25, 0.3) is 10.9 Å². The molecule has 5 heterocycles. The molecule has 4 aliphatic rings. The fraction of sp³-hybridized carbons (Fsp3) is 0.486. The summed E-state index contributed by atoms with van der Waals surface area (Å²) in [5.74, 6) is 1.01. The molecule has 0 spiro atoms. The van der Waals surface area contributed by atoms with Gasteiger partial charge >= 0.3 is 6.01 Å². The highest BCUT2D eigenvalue weighted by molar-refractivity contribution is 5.90. The Balaban J connectivity index is 1.27. The summed E-state index contributed by atoms with van der Waals surface area (Å²) in [6.07, 6.45) is 10.8. The Kier molecular flexibility index (Phi) is 9.13. The second-order valence-corrected chi connectivity index (χ2v) is 12.8.